The Hall–Kier alpha value is -3.17. The molecular weight excluding hydrogens is 440 g/mol. The van der Waals surface area contributed by atoms with Crippen LogP contribution < -0.4 is 5.32 Å². The molecular formula is C24H28N4O4S. The van der Waals surface area contributed by atoms with Gasteiger partial charge in [-0.15, -0.1) is 0 Å². The van der Waals surface area contributed by atoms with Gasteiger partial charge in [-0.3, -0.25) is 9.89 Å². The Labute approximate surface area is 193 Å². The summed E-state index contributed by atoms with van der Waals surface area (Å²) in [5, 5.41) is 19.7. The lowest BCUT2D eigenvalue weighted by molar-refractivity contribution is 0.102. The lowest BCUT2D eigenvalue weighted by atomic mass is 10.0. The van der Waals surface area contributed by atoms with Gasteiger partial charge in [0.25, 0.3) is 5.91 Å². The third-order valence-electron chi connectivity index (χ3n) is 6.01. The molecule has 1 amide bonds. The van der Waals surface area contributed by atoms with Crippen molar-refractivity contribution in [3.63, 3.8) is 0 Å². The van der Waals surface area contributed by atoms with Gasteiger partial charge in [0, 0.05) is 23.8 Å². The molecule has 0 aliphatic carbocycles. The molecule has 3 N–H and O–H groups in total. The molecule has 2 heterocycles. The second-order valence-corrected chi connectivity index (χ2v) is 10.2. The van der Waals surface area contributed by atoms with E-state index < -0.39 is 15.9 Å². The minimum absolute atomic E-state index is 0.0330. The first-order valence-corrected chi connectivity index (χ1v) is 12.5. The lowest BCUT2D eigenvalue weighted by Crippen LogP contribution is -2.43. The molecule has 1 aliphatic rings. The average molecular weight is 469 g/mol. The van der Waals surface area contributed by atoms with Gasteiger partial charge < -0.3 is 10.4 Å². The minimum Gasteiger partial charge on any atom is -0.507 e. The number of hydrogen-bond acceptors (Lipinski definition) is 5. The number of aromatic nitrogens is 2. The molecule has 1 fully saturated rings. The van der Waals surface area contributed by atoms with Crippen LogP contribution in [0, 0.1) is 6.92 Å². The van der Waals surface area contributed by atoms with Crippen molar-refractivity contribution in [2.45, 2.75) is 50.5 Å². The van der Waals surface area contributed by atoms with Crippen molar-refractivity contribution < 1.29 is 18.3 Å². The molecule has 0 saturated carbocycles. The van der Waals surface area contributed by atoms with Gasteiger partial charge in [0.05, 0.1) is 10.6 Å². The summed E-state index contributed by atoms with van der Waals surface area (Å²) in [5.41, 5.74) is 2.58. The van der Waals surface area contributed by atoms with Crippen LogP contribution in [0.25, 0.3) is 11.3 Å². The summed E-state index contributed by atoms with van der Waals surface area (Å²) in [5.74, 6) is -0.331. The van der Waals surface area contributed by atoms with Crippen LogP contribution in [0.4, 0.5) is 5.69 Å². The van der Waals surface area contributed by atoms with E-state index in [4.69, 9.17) is 0 Å². The highest BCUT2D eigenvalue weighted by molar-refractivity contribution is 7.89. The number of aryl methyl sites for hydroxylation is 1. The minimum atomic E-state index is -3.57. The predicted octanol–water partition coefficient (Wildman–Crippen LogP) is 4.30. The first-order valence-electron chi connectivity index (χ1n) is 11.1. The fraction of sp³-hybridized carbons (Fsp3) is 0.333. The van der Waals surface area contributed by atoms with Crippen LogP contribution >= 0.6 is 0 Å². The summed E-state index contributed by atoms with van der Waals surface area (Å²) in [6, 6.07) is 13.0. The third kappa shape index (κ3) is 4.79. The predicted molar refractivity (Wildman–Crippen MR) is 127 cm³/mol. The number of aromatic amines is 1. The number of aromatic hydroxyl groups is 1. The number of hydrogen-bond donors (Lipinski definition) is 3. The second kappa shape index (κ2) is 9.36. The van der Waals surface area contributed by atoms with E-state index in [0.717, 1.165) is 31.2 Å². The number of nitrogens with zero attached hydrogens (tertiary/aromatic N) is 2. The van der Waals surface area contributed by atoms with Crippen LogP contribution in [0.1, 0.15) is 48.7 Å². The van der Waals surface area contributed by atoms with Crippen molar-refractivity contribution in [3.05, 3.63) is 59.8 Å². The van der Waals surface area contributed by atoms with Crippen molar-refractivity contribution in [3.8, 4) is 17.0 Å². The molecule has 174 valence electrons. The van der Waals surface area contributed by atoms with E-state index in [-0.39, 0.29) is 22.4 Å². The van der Waals surface area contributed by atoms with Crippen LogP contribution in [-0.4, -0.2) is 46.5 Å². The van der Waals surface area contributed by atoms with Crippen LogP contribution in [-0.2, 0) is 10.0 Å². The molecule has 1 unspecified atom stereocenters. The Morgan fingerprint density at radius 3 is 2.64 bits per heavy atom. The molecule has 0 bridgehead atoms. The van der Waals surface area contributed by atoms with Gasteiger partial charge in [-0.25, -0.2) is 8.42 Å². The number of sulfonamides is 1. The maximum absolute atomic E-state index is 13.1. The number of anilines is 1. The first kappa shape index (κ1) is 23.0. The number of amides is 1. The largest absolute Gasteiger partial charge is 0.507 e. The quantitative estimate of drug-likeness (QED) is 0.499. The number of nitrogens with one attached hydrogen (secondary N) is 2. The molecule has 4 rings (SSSR count). The molecule has 1 aromatic heterocycles. The second-order valence-electron chi connectivity index (χ2n) is 8.34. The zero-order chi connectivity index (χ0) is 23.6. The van der Waals surface area contributed by atoms with Crippen LogP contribution in [0.15, 0.2) is 53.4 Å². The fourth-order valence-electron chi connectivity index (χ4n) is 4.18. The van der Waals surface area contributed by atoms with Gasteiger partial charge in [0.1, 0.15) is 11.4 Å². The van der Waals surface area contributed by atoms with Crippen molar-refractivity contribution in [1.82, 2.24) is 14.5 Å². The van der Waals surface area contributed by atoms with E-state index in [9.17, 15) is 18.3 Å². The Balaban J connectivity index is 1.47. The number of piperidine rings is 1. The number of H-pyrrole nitrogens is 1. The van der Waals surface area contributed by atoms with E-state index in [0.29, 0.717) is 23.5 Å². The zero-order valence-corrected chi connectivity index (χ0v) is 19.5. The van der Waals surface area contributed by atoms with Gasteiger partial charge in [-0.05, 0) is 74.2 Å². The summed E-state index contributed by atoms with van der Waals surface area (Å²) in [7, 11) is -3.57. The van der Waals surface area contributed by atoms with E-state index in [2.05, 4.69) is 15.5 Å². The molecule has 3 aromatic rings. The Bertz CT molecular complexity index is 1250. The molecule has 1 atom stereocenters. The molecule has 1 saturated heterocycles. The smallest absolute Gasteiger partial charge is 0.273 e. The van der Waals surface area contributed by atoms with Crippen LogP contribution in [0.3, 0.4) is 0 Å². The van der Waals surface area contributed by atoms with Crippen molar-refractivity contribution in [1.29, 1.82) is 0 Å². The maximum Gasteiger partial charge on any atom is 0.273 e. The summed E-state index contributed by atoms with van der Waals surface area (Å²) >= 11 is 0. The monoisotopic (exact) mass is 468 g/mol. The van der Waals surface area contributed by atoms with Crippen molar-refractivity contribution in [2.24, 2.45) is 0 Å². The highest BCUT2D eigenvalue weighted by atomic mass is 32.2. The van der Waals surface area contributed by atoms with Crippen LogP contribution in [0.2, 0.25) is 0 Å². The summed E-state index contributed by atoms with van der Waals surface area (Å²) < 4.78 is 27.8. The Morgan fingerprint density at radius 1 is 1.18 bits per heavy atom. The molecule has 0 spiro atoms. The summed E-state index contributed by atoms with van der Waals surface area (Å²) in [6.07, 6.45) is 3.60. The molecule has 2 aromatic carbocycles. The van der Waals surface area contributed by atoms with Gasteiger partial charge in [0.2, 0.25) is 10.0 Å². The lowest BCUT2D eigenvalue weighted by Gasteiger charge is -2.34. The van der Waals surface area contributed by atoms with Crippen molar-refractivity contribution in [2.75, 3.05) is 11.9 Å². The van der Waals surface area contributed by atoms with E-state index >= 15 is 0 Å². The number of benzene rings is 2. The zero-order valence-electron chi connectivity index (χ0n) is 18.7. The standard InChI is InChI=1S/C24H28N4O4S/c1-3-18-6-4-5-13-28(18)33(31,32)19-10-8-17(9-11-19)25-24(30)22-15-21(26-27-22)20-12-7-16(2)14-23(20)29/h7-12,14-15,18,29H,3-6,13H2,1-2H3,(H,25,30)(H,26,27). The van der Waals surface area contributed by atoms with Gasteiger partial charge in [-0.2, -0.15) is 9.40 Å². The summed E-state index contributed by atoms with van der Waals surface area (Å²) in [6.45, 7) is 4.42. The highest BCUT2D eigenvalue weighted by Crippen LogP contribution is 2.30. The summed E-state index contributed by atoms with van der Waals surface area (Å²) in [4.78, 5) is 12.9. The topological polar surface area (TPSA) is 115 Å². The normalized spacial score (nSPS) is 17.1. The molecule has 1 aliphatic heterocycles. The number of phenols is 1. The fourth-order valence-corrected chi connectivity index (χ4v) is 5.94. The SMILES string of the molecule is CCC1CCCCN1S(=O)(=O)c1ccc(NC(=O)c2cc(-c3ccc(C)cc3O)n[nH]2)cc1. The van der Waals surface area contributed by atoms with Crippen molar-refractivity contribution >= 4 is 21.6 Å². The van der Waals surface area contributed by atoms with E-state index in [1.165, 1.54) is 12.1 Å². The number of carbonyl (C=O) groups is 1. The van der Waals surface area contributed by atoms with Gasteiger partial charge in [0.15, 0.2) is 0 Å². The third-order valence-corrected chi connectivity index (χ3v) is 7.98. The Morgan fingerprint density at radius 2 is 1.94 bits per heavy atom. The molecule has 8 nitrogen and oxygen atoms in total. The number of rotatable bonds is 6. The molecule has 33 heavy (non-hydrogen) atoms. The first-order chi connectivity index (χ1) is 15.8. The van der Waals surface area contributed by atoms with Gasteiger partial charge in [-0.1, -0.05) is 19.4 Å². The average Bonchev–Trinajstić information content (AvgIpc) is 3.29. The van der Waals surface area contributed by atoms with E-state index in [1.807, 2.05) is 19.9 Å². The van der Waals surface area contributed by atoms with E-state index in [1.54, 1.807) is 34.6 Å². The molecule has 0 radical (unpaired) electrons. The van der Waals surface area contributed by atoms with Gasteiger partial charge >= 0.3 is 0 Å². The number of phenolic OH excluding ortho intramolecular Hbond substituents is 1. The molecule has 9 heteroatoms. The van der Waals surface area contributed by atoms with Crippen LogP contribution in [0.5, 0.6) is 5.75 Å². The number of carbonyl (C=O) groups excluding carboxylic acids is 1. The maximum atomic E-state index is 13.1. The Kier molecular flexibility index (Phi) is 6.53. The highest BCUT2D eigenvalue weighted by Gasteiger charge is 2.32.